The molecule has 2 heterocycles. The van der Waals surface area contributed by atoms with Gasteiger partial charge in [-0.25, -0.2) is 0 Å². The van der Waals surface area contributed by atoms with E-state index in [-0.39, 0.29) is 11.8 Å². The first-order chi connectivity index (χ1) is 6.27. The molecule has 0 aromatic carbocycles. The normalized spacial score (nSPS) is 24.9. The minimum atomic E-state index is -0.691. The predicted molar refractivity (Wildman–Crippen MR) is 43.1 cm³/mol. The lowest BCUT2D eigenvalue weighted by molar-refractivity contribution is 0.151. The van der Waals surface area contributed by atoms with Gasteiger partial charge in [0.1, 0.15) is 6.10 Å². The number of ether oxygens (including phenoxy) is 1. The van der Waals surface area contributed by atoms with E-state index in [2.05, 4.69) is 10.1 Å². The van der Waals surface area contributed by atoms with Crippen molar-refractivity contribution in [1.29, 1.82) is 0 Å². The lowest BCUT2D eigenvalue weighted by Crippen LogP contribution is -2.00. The lowest BCUT2D eigenvalue weighted by atomic mass is 10.1. The molecule has 5 nitrogen and oxygen atoms in total. The van der Waals surface area contributed by atoms with E-state index < -0.39 is 6.10 Å². The van der Waals surface area contributed by atoms with E-state index in [9.17, 15) is 0 Å². The van der Waals surface area contributed by atoms with Crippen molar-refractivity contribution in [2.75, 3.05) is 13.2 Å². The van der Waals surface area contributed by atoms with Gasteiger partial charge in [0.05, 0.1) is 6.61 Å². The van der Waals surface area contributed by atoms with E-state index in [1.54, 1.807) is 6.92 Å². The van der Waals surface area contributed by atoms with Crippen molar-refractivity contribution in [3.8, 4) is 0 Å². The first kappa shape index (κ1) is 8.65. The molecule has 1 fully saturated rings. The van der Waals surface area contributed by atoms with Crippen LogP contribution >= 0.6 is 0 Å². The Labute approximate surface area is 75.7 Å². The first-order valence-corrected chi connectivity index (χ1v) is 4.36. The van der Waals surface area contributed by atoms with Gasteiger partial charge in [0, 0.05) is 12.5 Å². The largest absolute Gasteiger partial charge is 0.384 e. The summed E-state index contributed by atoms with van der Waals surface area (Å²) in [5.74, 6) is 1.16. The lowest BCUT2D eigenvalue weighted by Gasteiger charge is -1.97. The Hall–Kier alpha value is -0.940. The van der Waals surface area contributed by atoms with Crippen molar-refractivity contribution in [3.63, 3.8) is 0 Å². The molecule has 1 N–H and O–H groups in total. The quantitative estimate of drug-likeness (QED) is 0.730. The highest BCUT2D eigenvalue weighted by Crippen LogP contribution is 2.23. The van der Waals surface area contributed by atoms with Gasteiger partial charge in [-0.2, -0.15) is 4.98 Å². The highest BCUT2D eigenvalue weighted by Gasteiger charge is 2.23. The summed E-state index contributed by atoms with van der Waals surface area (Å²) in [6.45, 7) is 3.00. The third-order valence-electron chi connectivity index (χ3n) is 2.11. The Morgan fingerprint density at radius 1 is 1.62 bits per heavy atom. The van der Waals surface area contributed by atoms with Crippen molar-refractivity contribution in [1.82, 2.24) is 10.1 Å². The van der Waals surface area contributed by atoms with Gasteiger partial charge in [-0.3, -0.25) is 0 Å². The van der Waals surface area contributed by atoms with Crippen LogP contribution in [0.15, 0.2) is 4.52 Å². The molecule has 1 aliphatic rings. The summed E-state index contributed by atoms with van der Waals surface area (Å²) in [5, 5.41) is 12.9. The van der Waals surface area contributed by atoms with Crippen molar-refractivity contribution in [2.45, 2.75) is 25.4 Å². The summed E-state index contributed by atoms with van der Waals surface area (Å²) in [4.78, 5) is 4.08. The molecule has 1 saturated heterocycles. The van der Waals surface area contributed by atoms with E-state index >= 15 is 0 Å². The van der Waals surface area contributed by atoms with Crippen molar-refractivity contribution in [2.24, 2.45) is 0 Å². The van der Waals surface area contributed by atoms with Gasteiger partial charge in [-0.15, -0.1) is 0 Å². The molecule has 0 aliphatic carbocycles. The summed E-state index contributed by atoms with van der Waals surface area (Å²) in [7, 11) is 0. The number of hydrogen-bond donors (Lipinski definition) is 1. The number of nitrogens with zero attached hydrogens (tertiary/aromatic N) is 2. The van der Waals surface area contributed by atoms with E-state index in [4.69, 9.17) is 14.4 Å². The van der Waals surface area contributed by atoms with Crippen LogP contribution in [0.3, 0.4) is 0 Å². The zero-order valence-electron chi connectivity index (χ0n) is 7.43. The maximum absolute atomic E-state index is 9.15. The summed E-state index contributed by atoms with van der Waals surface area (Å²) in [6, 6.07) is 0. The zero-order valence-corrected chi connectivity index (χ0v) is 7.43. The van der Waals surface area contributed by atoms with Crippen molar-refractivity contribution >= 4 is 0 Å². The van der Waals surface area contributed by atoms with E-state index in [0.717, 1.165) is 13.0 Å². The Morgan fingerprint density at radius 2 is 2.46 bits per heavy atom. The molecule has 13 heavy (non-hydrogen) atoms. The van der Waals surface area contributed by atoms with Gasteiger partial charge in [-0.05, 0) is 13.3 Å². The smallest absolute Gasteiger partial charge is 0.255 e. The highest BCUT2D eigenvalue weighted by molar-refractivity contribution is 4.98. The van der Waals surface area contributed by atoms with Gasteiger partial charge >= 0.3 is 0 Å². The number of aliphatic hydroxyl groups excluding tert-OH is 1. The molecule has 1 aromatic heterocycles. The molecule has 0 radical (unpaired) electrons. The fourth-order valence-corrected chi connectivity index (χ4v) is 1.32. The van der Waals surface area contributed by atoms with Crippen molar-refractivity contribution in [3.05, 3.63) is 11.7 Å². The van der Waals surface area contributed by atoms with Crippen LogP contribution < -0.4 is 0 Å². The zero-order chi connectivity index (χ0) is 9.26. The molecule has 2 atom stereocenters. The van der Waals surface area contributed by atoms with Gasteiger partial charge in [0.2, 0.25) is 0 Å². The van der Waals surface area contributed by atoms with Crippen LogP contribution in [0.2, 0.25) is 0 Å². The fraction of sp³-hybridized carbons (Fsp3) is 0.750. The molecule has 0 amide bonds. The number of rotatable bonds is 2. The minimum Gasteiger partial charge on any atom is -0.384 e. The van der Waals surface area contributed by atoms with Crippen LogP contribution in [0.5, 0.6) is 0 Å². The Morgan fingerprint density at radius 3 is 3.00 bits per heavy atom. The van der Waals surface area contributed by atoms with Crippen LogP contribution in [0.4, 0.5) is 0 Å². The molecule has 2 rings (SSSR count). The monoisotopic (exact) mass is 184 g/mol. The average molecular weight is 184 g/mol. The first-order valence-electron chi connectivity index (χ1n) is 4.36. The molecule has 0 spiro atoms. The van der Waals surface area contributed by atoms with Crippen LogP contribution in [0.25, 0.3) is 0 Å². The van der Waals surface area contributed by atoms with Gasteiger partial charge in [-0.1, -0.05) is 5.16 Å². The summed E-state index contributed by atoms with van der Waals surface area (Å²) < 4.78 is 10.1. The Kier molecular flexibility index (Phi) is 2.28. The molecule has 72 valence electrons. The third kappa shape index (κ3) is 1.71. The van der Waals surface area contributed by atoms with E-state index in [1.807, 2.05) is 0 Å². The summed E-state index contributed by atoms with van der Waals surface area (Å²) >= 11 is 0. The SMILES string of the molecule is CC(O)c1nc(C2CCOC2)no1. The topological polar surface area (TPSA) is 68.4 Å². The summed E-state index contributed by atoms with van der Waals surface area (Å²) in [5.41, 5.74) is 0. The molecule has 0 bridgehead atoms. The minimum absolute atomic E-state index is 0.233. The van der Waals surface area contributed by atoms with E-state index in [1.165, 1.54) is 0 Å². The van der Waals surface area contributed by atoms with Crippen LogP contribution in [-0.4, -0.2) is 28.5 Å². The van der Waals surface area contributed by atoms with Gasteiger partial charge in [0.15, 0.2) is 5.82 Å². The van der Waals surface area contributed by atoms with Crippen LogP contribution in [0, 0.1) is 0 Å². The second-order valence-electron chi connectivity index (χ2n) is 3.23. The molecule has 1 aromatic rings. The van der Waals surface area contributed by atoms with Gasteiger partial charge in [0.25, 0.3) is 5.89 Å². The third-order valence-corrected chi connectivity index (χ3v) is 2.11. The summed E-state index contributed by atoms with van der Waals surface area (Å²) in [6.07, 6.45) is 0.238. The van der Waals surface area contributed by atoms with Crippen LogP contribution in [0.1, 0.15) is 37.1 Å². The fourth-order valence-electron chi connectivity index (χ4n) is 1.32. The number of aliphatic hydroxyl groups is 1. The second-order valence-corrected chi connectivity index (χ2v) is 3.23. The standard InChI is InChI=1S/C8H12N2O3/c1-5(11)8-9-7(10-13-8)6-2-3-12-4-6/h5-6,11H,2-4H2,1H3. The Bertz CT molecular complexity index is 279. The number of aromatic nitrogens is 2. The molecular weight excluding hydrogens is 172 g/mol. The predicted octanol–water partition coefficient (Wildman–Crippen LogP) is 0.627. The Balaban J connectivity index is 2.12. The highest BCUT2D eigenvalue weighted by atomic mass is 16.5. The van der Waals surface area contributed by atoms with E-state index in [0.29, 0.717) is 12.4 Å². The molecule has 0 saturated carbocycles. The molecule has 5 heteroatoms. The molecular formula is C8H12N2O3. The van der Waals surface area contributed by atoms with Crippen molar-refractivity contribution < 1.29 is 14.4 Å². The second kappa shape index (κ2) is 3.43. The van der Waals surface area contributed by atoms with Gasteiger partial charge < -0.3 is 14.4 Å². The van der Waals surface area contributed by atoms with Crippen LogP contribution in [-0.2, 0) is 4.74 Å². The average Bonchev–Trinajstić information content (AvgIpc) is 2.75. The maximum Gasteiger partial charge on any atom is 0.255 e. The molecule has 2 unspecified atom stereocenters. The molecule has 1 aliphatic heterocycles. The number of hydrogen-bond acceptors (Lipinski definition) is 5. The maximum atomic E-state index is 9.15.